The van der Waals surface area contributed by atoms with Gasteiger partial charge in [-0.2, -0.15) is 0 Å². The van der Waals surface area contributed by atoms with Gasteiger partial charge >= 0.3 is 5.97 Å². The van der Waals surface area contributed by atoms with Crippen LogP contribution in [0, 0.1) is 0 Å². The number of hydrogen-bond donors (Lipinski definition) is 3. The van der Waals surface area contributed by atoms with E-state index in [0.717, 1.165) is 57.8 Å². The molecular formula is C62H121NO5. The lowest BCUT2D eigenvalue weighted by molar-refractivity contribution is -0.151. The second kappa shape index (κ2) is 56.5. The van der Waals surface area contributed by atoms with Crippen LogP contribution in [0.4, 0.5) is 0 Å². The molecule has 0 fully saturated rings. The number of nitrogens with one attached hydrogen (secondary N) is 1. The average Bonchev–Trinajstić information content (AvgIpc) is 3.33. The molecule has 0 bridgehead atoms. The van der Waals surface area contributed by atoms with E-state index in [4.69, 9.17) is 4.74 Å². The molecule has 1 amide bonds. The van der Waals surface area contributed by atoms with E-state index < -0.39 is 18.2 Å². The van der Waals surface area contributed by atoms with Crippen LogP contribution in [0.1, 0.15) is 348 Å². The Balaban J connectivity index is 4.48. The van der Waals surface area contributed by atoms with Crippen LogP contribution in [0.25, 0.3) is 0 Å². The fraction of sp³-hybridized carbons (Fsp3) is 0.935. The topological polar surface area (TPSA) is 95.9 Å². The summed E-state index contributed by atoms with van der Waals surface area (Å²) in [6.45, 7) is 6.53. The molecule has 0 aromatic heterocycles. The third-order valence-corrected chi connectivity index (χ3v) is 14.6. The Morgan fingerprint density at radius 1 is 0.412 bits per heavy atom. The van der Waals surface area contributed by atoms with Gasteiger partial charge in [-0.05, 0) is 51.4 Å². The number of aliphatic hydroxyl groups is 2. The molecule has 3 N–H and O–H groups in total. The summed E-state index contributed by atoms with van der Waals surface area (Å²) in [6.07, 6.45) is 65.7. The Hall–Kier alpha value is -1.40. The van der Waals surface area contributed by atoms with Gasteiger partial charge in [0.15, 0.2) is 0 Å². The summed E-state index contributed by atoms with van der Waals surface area (Å²) in [5.41, 5.74) is 0. The number of allylic oxidation sites excluding steroid dienone is 2. The fourth-order valence-electron chi connectivity index (χ4n) is 9.90. The normalized spacial score (nSPS) is 13.1. The van der Waals surface area contributed by atoms with Gasteiger partial charge in [-0.3, -0.25) is 9.59 Å². The smallest absolute Gasteiger partial charge is 0.306 e. The molecule has 0 saturated heterocycles. The van der Waals surface area contributed by atoms with E-state index in [1.54, 1.807) is 0 Å². The Morgan fingerprint density at radius 3 is 1.04 bits per heavy atom. The minimum absolute atomic E-state index is 0.0799. The number of rotatable bonds is 57. The number of carbonyl (C=O) groups excluding carboxylic acids is 2. The molecule has 0 heterocycles. The molecule has 0 aliphatic heterocycles. The van der Waals surface area contributed by atoms with Gasteiger partial charge in [0.1, 0.15) is 6.10 Å². The number of amides is 1. The van der Waals surface area contributed by atoms with Crippen LogP contribution < -0.4 is 5.32 Å². The van der Waals surface area contributed by atoms with Gasteiger partial charge in [0, 0.05) is 6.42 Å². The zero-order chi connectivity index (χ0) is 49.5. The van der Waals surface area contributed by atoms with Crippen molar-refractivity contribution < 1.29 is 24.5 Å². The average molecular weight is 961 g/mol. The first-order valence-electron chi connectivity index (χ1n) is 30.9. The van der Waals surface area contributed by atoms with Crippen LogP contribution in [0.2, 0.25) is 0 Å². The number of hydrogen-bond acceptors (Lipinski definition) is 5. The lowest BCUT2D eigenvalue weighted by Gasteiger charge is -2.24. The number of unbranched alkanes of at least 4 members (excludes halogenated alkanes) is 43. The standard InChI is InChI=1S/C62H121NO5/c1-4-7-10-13-16-19-22-25-28-29-30-31-34-37-40-43-46-49-52-55-62(67)68-58(53-50-47-44-41-38-35-32-26-23-20-17-14-11-8-5-2)56-61(66)63-59(57-64)60(65)54-51-48-45-42-39-36-33-27-24-21-18-15-12-9-6-3/h26,32,58-60,64-65H,4-25,27-31,33-57H2,1-3H3,(H,63,66)/b32-26+. The minimum Gasteiger partial charge on any atom is -0.462 e. The lowest BCUT2D eigenvalue weighted by Crippen LogP contribution is -2.46. The summed E-state index contributed by atoms with van der Waals surface area (Å²) < 4.78 is 5.98. The molecule has 0 aromatic rings. The summed E-state index contributed by atoms with van der Waals surface area (Å²) in [6, 6.07) is -0.699. The first-order valence-corrected chi connectivity index (χ1v) is 30.9. The van der Waals surface area contributed by atoms with Crippen molar-refractivity contribution >= 4 is 11.9 Å². The molecule has 0 aliphatic rings. The predicted octanol–water partition coefficient (Wildman–Crippen LogP) is 19.2. The second-order valence-electron chi connectivity index (χ2n) is 21.5. The van der Waals surface area contributed by atoms with Crippen molar-refractivity contribution in [3.63, 3.8) is 0 Å². The number of aliphatic hydroxyl groups excluding tert-OH is 2. The maximum absolute atomic E-state index is 13.3. The van der Waals surface area contributed by atoms with Crippen LogP contribution in [0.3, 0.4) is 0 Å². The molecule has 68 heavy (non-hydrogen) atoms. The van der Waals surface area contributed by atoms with E-state index in [0.29, 0.717) is 19.3 Å². The van der Waals surface area contributed by atoms with Crippen molar-refractivity contribution in [3.05, 3.63) is 12.2 Å². The molecule has 0 rings (SSSR count). The number of carbonyl (C=O) groups is 2. The quantitative estimate of drug-likeness (QED) is 0.0321. The van der Waals surface area contributed by atoms with Gasteiger partial charge in [0.05, 0.1) is 25.2 Å². The van der Waals surface area contributed by atoms with Gasteiger partial charge in [-0.25, -0.2) is 0 Å². The lowest BCUT2D eigenvalue weighted by atomic mass is 10.0. The summed E-state index contributed by atoms with van der Waals surface area (Å²) >= 11 is 0. The highest BCUT2D eigenvalue weighted by Gasteiger charge is 2.24. The highest BCUT2D eigenvalue weighted by Crippen LogP contribution is 2.19. The fourth-order valence-corrected chi connectivity index (χ4v) is 9.90. The van der Waals surface area contributed by atoms with Crippen molar-refractivity contribution in [1.29, 1.82) is 0 Å². The first-order chi connectivity index (χ1) is 33.5. The zero-order valence-corrected chi connectivity index (χ0v) is 46.3. The molecule has 3 atom stereocenters. The molecule has 0 radical (unpaired) electrons. The van der Waals surface area contributed by atoms with Crippen molar-refractivity contribution in [2.75, 3.05) is 6.61 Å². The molecule has 404 valence electrons. The van der Waals surface area contributed by atoms with Gasteiger partial charge in [0.25, 0.3) is 0 Å². The van der Waals surface area contributed by atoms with E-state index in [2.05, 4.69) is 38.2 Å². The highest BCUT2D eigenvalue weighted by atomic mass is 16.5. The van der Waals surface area contributed by atoms with Crippen molar-refractivity contribution in [3.8, 4) is 0 Å². The van der Waals surface area contributed by atoms with Gasteiger partial charge in [-0.1, -0.05) is 296 Å². The van der Waals surface area contributed by atoms with Crippen LogP contribution in [-0.2, 0) is 14.3 Å². The molecule has 0 aromatic carbocycles. The summed E-state index contributed by atoms with van der Waals surface area (Å²) in [4.78, 5) is 26.3. The monoisotopic (exact) mass is 960 g/mol. The Labute approximate surface area is 425 Å². The Morgan fingerprint density at radius 2 is 0.706 bits per heavy atom. The van der Waals surface area contributed by atoms with Gasteiger partial charge in [0.2, 0.25) is 5.91 Å². The van der Waals surface area contributed by atoms with Gasteiger partial charge in [-0.15, -0.1) is 0 Å². The largest absolute Gasteiger partial charge is 0.462 e. The van der Waals surface area contributed by atoms with Crippen LogP contribution in [0.15, 0.2) is 12.2 Å². The van der Waals surface area contributed by atoms with Crippen LogP contribution >= 0.6 is 0 Å². The van der Waals surface area contributed by atoms with E-state index in [9.17, 15) is 19.8 Å². The number of esters is 1. The zero-order valence-electron chi connectivity index (χ0n) is 46.3. The molecule has 0 spiro atoms. The van der Waals surface area contributed by atoms with Gasteiger partial charge < -0.3 is 20.3 Å². The van der Waals surface area contributed by atoms with Crippen LogP contribution in [0.5, 0.6) is 0 Å². The summed E-state index contributed by atoms with van der Waals surface area (Å²) in [5, 5.41) is 23.9. The van der Waals surface area contributed by atoms with Crippen molar-refractivity contribution in [1.82, 2.24) is 5.32 Å². The second-order valence-corrected chi connectivity index (χ2v) is 21.5. The predicted molar refractivity (Wildman–Crippen MR) is 297 cm³/mol. The highest BCUT2D eigenvalue weighted by molar-refractivity contribution is 5.77. The summed E-state index contributed by atoms with van der Waals surface area (Å²) in [5.74, 6) is -0.455. The van der Waals surface area contributed by atoms with Crippen molar-refractivity contribution in [2.24, 2.45) is 0 Å². The van der Waals surface area contributed by atoms with E-state index in [1.807, 2.05) is 0 Å². The minimum atomic E-state index is -0.785. The maximum atomic E-state index is 13.3. The third kappa shape index (κ3) is 51.0. The van der Waals surface area contributed by atoms with Crippen molar-refractivity contribution in [2.45, 2.75) is 366 Å². The molecular weight excluding hydrogens is 839 g/mol. The molecule has 0 aliphatic carbocycles. The van der Waals surface area contributed by atoms with E-state index in [1.165, 1.54) is 244 Å². The molecule has 0 saturated carbocycles. The molecule has 6 nitrogen and oxygen atoms in total. The molecule has 6 heteroatoms. The number of ether oxygens (including phenoxy) is 1. The maximum Gasteiger partial charge on any atom is 0.306 e. The van der Waals surface area contributed by atoms with E-state index in [-0.39, 0.29) is 24.9 Å². The first kappa shape index (κ1) is 66.6. The van der Waals surface area contributed by atoms with E-state index >= 15 is 0 Å². The third-order valence-electron chi connectivity index (χ3n) is 14.6. The SMILES string of the molecule is CCCCCCCC/C=C/CCCCCCCC(CC(=O)NC(CO)C(O)CCCCCCCCCCCCCCCCC)OC(=O)CCCCCCCCCCCCCCCCCCCCC. The molecule has 3 unspecified atom stereocenters. The summed E-state index contributed by atoms with van der Waals surface area (Å²) in [7, 11) is 0. The van der Waals surface area contributed by atoms with Crippen LogP contribution in [-0.4, -0.2) is 46.9 Å². The Kier molecular flexibility index (Phi) is 55.3. The Bertz CT molecular complexity index is 1030.